The van der Waals surface area contributed by atoms with Gasteiger partial charge in [-0.05, 0) is 25.0 Å². The van der Waals surface area contributed by atoms with E-state index < -0.39 is 5.97 Å². The van der Waals surface area contributed by atoms with Gasteiger partial charge in [0.05, 0.1) is 19.9 Å². The maximum atomic E-state index is 12.0. The van der Waals surface area contributed by atoms with Crippen LogP contribution in [0.1, 0.15) is 18.6 Å². The van der Waals surface area contributed by atoms with Crippen LogP contribution < -0.4 is 5.73 Å². The van der Waals surface area contributed by atoms with E-state index in [-0.39, 0.29) is 16.6 Å². The summed E-state index contributed by atoms with van der Waals surface area (Å²) in [5, 5.41) is 0.0349. The van der Waals surface area contributed by atoms with Crippen molar-refractivity contribution in [3.63, 3.8) is 0 Å². The van der Waals surface area contributed by atoms with Crippen LogP contribution in [-0.4, -0.2) is 30.7 Å². The van der Waals surface area contributed by atoms with E-state index in [1.165, 1.54) is 7.11 Å². The average molecular weight is 338 g/mol. The second-order valence-electron chi connectivity index (χ2n) is 5.35. The minimum absolute atomic E-state index is 0.0325. The Morgan fingerprint density at radius 2 is 2.30 bits per heavy atom. The Hall–Kier alpha value is -2.21. The lowest BCUT2D eigenvalue weighted by Gasteiger charge is -2.19. The Balaban J connectivity index is 2.24. The zero-order valence-electron chi connectivity index (χ0n) is 13.2. The average Bonchev–Trinajstić information content (AvgIpc) is 3.28. The van der Waals surface area contributed by atoms with Crippen molar-refractivity contribution >= 4 is 23.3 Å². The predicted octanol–water partition coefficient (Wildman–Crippen LogP) is 2.62. The molecule has 0 amide bonds. The first-order valence-electron chi connectivity index (χ1n) is 7.19. The normalized spacial score (nSPS) is 15.9. The summed E-state index contributed by atoms with van der Waals surface area (Å²) in [6.45, 7) is 4.28. The third kappa shape index (κ3) is 4.39. The lowest BCUT2D eigenvalue weighted by Crippen LogP contribution is -2.28. The highest BCUT2D eigenvalue weighted by atomic mass is 35.5. The zero-order valence-corrected chi connectivity index (χ0v) is 14.0. The Labute approximate surface area is 140 Å². The summed E-state index contributed by atoms with van der Waals surface area (Å²) in [5.41, 5.74) is 6.64. The van der Waals surface area contributed by atoms with Gasteiger partial charge < -0.3 is 19.8 Å². The standard InChI is InChI=1S/C16H20ClN3O3/c1-10(11-6-7-11)19-14(16(21)22-3)13(17)15(18)20(2)9-12-5-4-8-23-12/h4-5,8,11H,1,6-7,9,18H2,2-3H3/b15-13-,19-14+. The number of nitrogens with zero attached hydrogens (tertiary/aromatic N) is 2. The fourth-order valence-electron chi connectivity index (χ4n) is 1.94. The van der Waals surface area contributed by atoms with Gasteiger partial charge in [-0.3, -0.25) is 0 Å². The summed E-state index contributed by atoms with van der Waals surface area (Å²) < 4.78 is 10.0. The molecule has 124 valence electrons. The molecule has 1 aliphatic carbocycles. The molecule has 23 heavy (non-hydrogen) atoms. The molecule has 1 aromatic heterocycles. The van der Waals surface area contributed by atoms with Gasteiger partial charge >= 0.3 is 5.97 Å². The molecule has 1 aromatic rings. The molecule has 1 saturated carbocycles. The summed E-state index contributed by atoms with van der Waals surface area (Å²) >= 11 is 6.28. The van der Waals surface area contributed by atoms with Crippen LogP contribution in [-0.2, 0) is 16.1 Å². The Morgan fingerprint density at radius 3 is 2.83 bits per heavy atom. The van der Waals surface area contributed by atoms with Crippen molar-refractivity contribution in [2.75, 3.05) is 14.2 Å². The summed E-state index contributed by atoms with van der Waals surface area (Å²) in [7, 11) is 3.01. The Morgan fingerprint density at radius 1 is 1.61 bits per heavy atom. The highest BCUT2D eigenvalue weighted by Gasteiger charge is 2.27. The smallest absolute Gasteiger partial charge is 0.358 e. The van der Waals surface area contributed by atoms with Crippen molar-refractivity contribution in [1.82, 2.24) is 4.90 Å². The largest absolute Gasteiger partial charge is 0.467 e. The minimum Gasteiger partial charge on any atom is -0.467 e. The molecule has 0 bridgehead atoms. The maximum Gasteiger partial charge on any atom is 0.358 e. The quantitative estimate of drug-likeness (QED) is 0.611. The molecule has 0 spiro atoms. The van der Waals surface area contributed by atoms with Crippen LogP contribution in [0.3, 0.4) is 0 Å². The monoisotopic (exact) mass is 337 g/mol. The molecular formula is C16H20ClN3O3. The number of aliphatic imine (C=N–C) groups is 1. The van der Waals surface area contributed by atoms with Crippen molar-refractivity contribution in [3.05, 3.63) is 47.3 Å². The number of allylic oxidation sites excluding steroid dienone is 1. The molecule has 2 rings (SSSR count). The van der Waals surface area contributed by atoms with Gasteiger partial charge in [0, 0.05) is 18.7 Å². The van der Waals surface area contributed by atoms with E-state index >= 15 is 0 Å². The molecule has 0 unspecified atom stereocenters. The second kappa shape index (κ2) is 7.37. The highest BCUT2D eigenvalue weighted by molar-refractivity contribution is 6.58. The van der Waals surface area contributed by atoms with Gasteiger partial charge in [-0.2, -0.15) is 0 Å². The van der Waals surface area contributed by atoms with E-state index in [2.05, 4.69) is 11.6 Å². The molecule has 2 N–H and O–H groups in total. The van der Waals surface area contributed by atoms with E-state index in [9.17, 15) is 4.79 Å². The summed E-state index contributed by atoms with van der Waals surface area (Å²) in [6.07, 6.45) is 3.61. The van der Waals surface area contributed by atoms with Gasteiger partial charge in [-0.15, -0.1) is 0 Å². The SMILES string of the molecule is C=C(/N=C(C(=O)OC)\C(Cl)=C(/N)N(C)Cc1ccco1)C1CC1. The van der Waals surface area contributed by atoms with Gasteiger partial charge in [-0.25, -0.2) is 9.79 Å². The summed E-state index contributed by atoms with van der Waals surface area (Å²) in [6, 6.07) is 3.60. The number of hydrogen-bond donors (Lipinski definition) is 1. The Bertz CT molecular complexity index is 646. The minimum atomic E-state index is -0.647. The molecule has 1 heterocycles. The fraction of sp³-hybridized carbons (Fsp3) is 0.375. The molecule has 0 atom stereocenters. The highest BCUT2D eigenvalue weighted by Crippen LogP contribution is 2.36. The van der Waals surface area contributed by atoms with Crippen LogP contribution >= 0.6 is 11.6 Å². The molecule has 1 fully saturated rings. The van der Waals surface area contributed by atoms with Crippen molar-refractivity contribution in [3.8, 4) is 0 Å². The van der Waals surface area contributed by atoms with Gasteiger partial charge in [0.25, 0.3) is 0 Å². The third-order valence-corrected chi connectivity index (χ3v) is 3.87. The summed E-state index contributed by atoms with van der Waals surface area (Å²) in [4.78, 5) is 17.9. The summed E-state index contributed by atoms with van der Waals surface area (Å²) in [5.74, 6) is 0.585. The number of halogens is 1. The van der Waals surface area contributed by atoms with Crippen LogP contribution in [0.4, 0.5) is 0 Å². The van der Waals surface area contributed by atoms with Crippen LogP contribution in [0.2, 0.25) is 0 Å². The Kier molecular flexibility index (Phi) is 5.50. The number of furan rings is 1. The molecule has 6 nitrogen and oxygen atoms in total. The number of carbonyl (C=O) groups excluding carboxylic acids is 1. The van der Waals surface area contributed by atoms with Gasteiger partial charge in [0.2, 0.25) is 0 Å². The molecule has 0 aromatic carbocycles. The van der Waals surface area contributed by atoms with Gasteiger partial charge in [0.15, 0.2) is 5.71 Å². The van der Waals surface area contributed by atoms with Crippen molar-refractivity contribution in [1.29, 1.82) is 0 Å². The number of esters is 1. The first kappa shape index (κ1) is 17.1. The van der Waals surface area contributed by atoms with Crippen LogP contribution in [0, 0.1) is 5.92 Å². The van der Waals surface area contributed by atoms with Gasteiger partial charge in [-0.1, -0.05) is 18.2 Å². The van der Waals surface area contributed by atoms with Crippen molar-refractivity contribution < 1.29 is 13.9 Å². The molecule has 0 aliphatic heterocycles. The number of rotatable bonds is 7. The lowest BCUT2D eigenvalue weighted by molar-refractivity contribution is -0.132. The van der Waals surface area contributed by atoms with E-state index in [0.717, 1.165) is 18.6 Å². The van der Waals surface area contributed by atoms with Crippen LogP contribution in [0.15, 0.2) is 50.9 Å². The molecule has 1 aliphatic rings. The molecule has 0 saturated heterocycles. The number of nitrogens with two attached hydrogens (primary N) is 1. The second-order valence-corrected chi connectivity index (χ2v) is 5.73. The third-order valence-electron chi connectivity index (χ3n) is 3.50. The van der Waals surface area contributed by atoms with E-state index in [0.29, 0.717) is 18.2 Å². The molecular weight excluding hydrogens is 318 g/mol. The first-order chi connectivity index (χ1) is 10.9. The first-order valence-corrected chi connectivity index (χ1v) is 7.56. The molecule has 7 heteroatoms. The predicted molar refractivity (Wildman–Crippen MR) is 88.6 cm³/mol. The van der Waals surface area contributed by atoms with Gasteiger partial charge in [0.1, 0.15) is 16.6 Å². The molecule has 0 radical (unpaired) electrons. The number of ether oxygens (including phenoxy) is 1. The van der Waals surface area contributed by atoms with E-state index in [1.54, 1.807) is 24.3 Å². The number of carbonyl (C=O) groups is 1. The van der Waals surface area contributed by atoms with E-state index in [4.69, 9.17) is 26.5 Å². The maximum absolute atomic E-state index is 12.0. The zero-order chi connectivity index (χ0) is 17.0. The van der Waals surface area contributed by atoms with Crippen LogP contribution in [0.25, 0.3) is 0 Å². The van der Waals surface area contributed by atoms with Crippen molar-refractivity contribution in [2.45, 2.75) is 19.4 Å². The van der Waals surface area contributed by atoms with Crippen LogP contribution in [0.5, 0.6) is 0 Å². The number of hydrogen-bond acceptors (Lipinski definition) is 6. The lowest BCUT2D eigenvalue weighted by atomic mass is 10.2. The topological polar surface area (TPSA) is 81.1 Å². The van der Waals surface area contributed by atoms with E-state index in [1.807, 2.05) is 6.07 Å². The van der Waals surface area contributed by atoms with Crippen molar-refractivity contribution in [2.24, 2.45) is 16.6 Å². The fourth-order valence-corrected chi connectivity index (χ4v) is 2.21. The number of methoxy groups -OCH3 is 1.